The highest BCUT2D eigenvalue weighted by atomic mass is 19.1. The summed E-state index contributed by atoms with van der Waals surface area (Å²) >= 11 is 0. The number of hydrogen-bond donors (Lipinski definition) is 2. The Balaban J connectivity index is 2.14. The molecule has 1 aromatic carbocycles. The third kappa shape index (κ3) is 4.84. The smallest absolute Gasteiger partial charge is 0.309 e. The maximum Gasteiger partial charge on any atom is 0.309 e. The molecule has 1 aromatic rings. The summed E-state index contributed by atoms with van der Waals surface area (Å²) in [4.78, 5) is 14.1. The molecule has 0 amide bonds. The van der Waals surface area contributed by atoms with Crippen LogP contribution in [0, 0.1) is 5.82 Å². The highest BCUT2D eigenvalue weighted by Crippen LogP contribution is 2.38. The van der Waals surface area contributed by atoms with E-state index in [1.165, 1.54) is 6.07 Å². The van der Waals surface area contributed by atoms with Gasteiger partial charge in [0, 0.05) is 17.8 Å². The molecule has 140 valence electrons. The molecule has 0 saturated carbocycles. The quantitative estimate of drug-likeness (QED) is 0.645. The zero-order valence-electron chi connectivity index (χ0n) is 15.7. The Morgan fingerprint density at radius 2 is 1.92 bits per heavy atom. The normalized spacial score (nSPS) is 27.2. The maximum atomic E-state index is 14.3. The van der Waals surface area contributed by atoms with Crippen LogP contribution in [0.4, 0.5) is 15.8 Å². The molecule has 1 saturated heterocycles. The van der Waals surface area contributed by atoms with E-state index in [4.69, 9.17) is 10.5 Å². The van der Waals surface area contributed by atoms with Crippen molar-refractivity contribution < 1.29 is 19.0 Å². The number of piperidine rings is 1. The van der Waals surface area contributed by atoms with Crippen molar-refractivity contribution in [3.63, 3.8) is 0 Å². The number of hydrogen-bond acceptors (Lipinski definition) is 5. The van der Waals surface area contributed by atoms with Crippen LogP contribution in [0.5, 0.6) is 0 Å². The molecule has 6 heteroatoms. The number of carbonyl (C=O) groups is 1. The third-order valence-corrected chi connectivity index (χ3v) is 4.44. The molecule has 1 aliphatic rings. The highest BCUT2D eigenvalue weighted by molar-refractivity contribution is 5.71. The summed E-state index contributed by atoms with van der Waals surface area (Å²) in [5.41, 5.74) is 4.73. The van der Waals surface area contributed by atoms with E-state index in [9.17, 15) is 14.3 Å². The van der Waals surface area contributed by atoms with Gasteiger partial charge in [-0.25, -0.2) is 4.39 Å². The van der Waals surface area contributed by atoms with Crippen LogP contribution < -0.4 is 10.6 Å². The molecule has 0 aromatic heterocycles. The van der Waals surface area contributed by atoms with Crippen molar-refractivity contribution in [3.8, 4) is 0 Å². The van der Waals surface area contributed by atoms with Gasteiger partial charge in [-0.3, -0.25) is 4.79 Å². The van der Waals surface area contributed by atoms with E-state index in [2.05, 4.69) is 0 Å². The molecule has 3 atom stereocenters. The first-order valence-electron chi connectivity index (χ1n) is 8.68. The Labute approximate surface area is 149 Å². The molecule has 0 bridgehead atoms. The number of anilines is 2. The molecule has 1 heterocycles. The van der Waals surface area contributed by atoms with Gasteiger partial charge in [-0.15, -0.1) is 0 Å². The Morgan fingerprint density at radius 3 is 2.40 bits per heavy atom. The van der Waals surface area contributed by atoms with E-state index in [-0.39, 0.29) is 24.3 Å². The van der Waals surface area contributed by atoms with E-state index in [1.807, 2.05) is 18.7 Å². The van der Waals surface area contributed by atoms with Crippen LogP contribution in [0.3, 0.4) is 0 Å². The predicted octanol–water partition coefficient (Wildman–Crippen LogP) is 3.25. The zero-order chi connectivity index (χ0) is 19.0. The lowest BCUT2D eigenvalue weighted by atomic mass is 9.80. The summed E-state index contributed by atoms with van der Waals surface area (Å²) < 4.78 is 19.6. The Bertz CT molecular complexity index is 630. The van der Waals surface area contributed by atoms with Gasteiger partial charge in [-0.2, -0.15) is 0 Å². The highest BCUT2D eigenvalue weighted by Gasteiger charge is 2.43. The molecule has 3 N–H and O–H groups in total. The van der Waals surface area contributed by atoms with Crippen LogP contribution in [0.15, 0.2) is 18.2 Å². The van der Waals surface area contributed by atoms with Gasteiger partial charge in [0.05, 0.1) is 17.7 Å². The topological polar surface area (TPSA) is 75.8 Å². The van der Waals surface area contributed by atoms with Crippen molar-refractivity contribution >= 4 is 17.3 Å². The van der Waals surface area contributed by atoms with Crippen molar-refractivity contribution in [2.45, 2.75) is 77.2 Å². The number of carbonyl (C=O) groups excluding carboxylic acids is 1. The minimum atomic E-state index is -1.15. The zero-order valence-corrected chi connectivity index (χ0v) is 15.7. The summed E-state index contributed by atoms with van der Waals surface area (Å²) in [7, 11) is 0. The molecule has 1 unspecified atom stereocenters. The first kappa shape index (κ1) is 19.5. The number of ether oxygens (including phenoxy) is 1. The summed E-state index contributed by atoms with van der Waals surface area (Å²) in [6, 6.07) is 4.37. The average Bonchev–Trinajstić information content (AvgIpc) is 2.37. The van der Waals surface area contributed by atoms with E-state index in [1.54, 1.807) is 32.9 Å². The lowest BCUT2D eigenvalue weighted by Crippen LogP contribution is -2.55. The predicted molar refractivity (Wildman–Crippen MR) is 96.9 cm³/mol. The second kappa shape index (κ2) is 6.83. The largest absolute Gasteiger partial charge is 0.460 e. The summed E-state index contributed by atoms with van der Waals surface area (Å²) in [6.07, 6.45) is 0.664. The number of halogens is 1. The molecule has 1 aliphatic heterocycles. The van der Waals surface area contributed by atoms with Crippen molar-refractivity contribution in [3.05, 3.63) is 24.0 Å². The van der Waals surface area contributed by atoms with Gasteiger partial charge in [-0.05, 0) is 65.7 Å². The fraction of sp³-hybridized carbons (Fsp3) is 0.632. The first-order valence-corrected chi connectivity index (χ1v) is 8.68. The molecule has 25 heavy (non-hydrogen) atoms. The number of nitrogen functional groups attached to an aromatic ring is 1. The van der Waals surface area contributed by atoms with Gasteiger partial charge >= 0.3 is 5.97 Å². The minimum Gasteiger partial charge on any atom is -0.460 e. The van der Waals surface area contributed by atoms with Crippen LogP contribution in [0.1, 0.15) is 53.9 Å². The first-order chi connectivity index (χ1) is 11.4. The fourth-order valence-corrected chi connectivity index (χ4v) is 3.81. The van der Waals surface area contributed by atoms with Crippen LogP contribution in [-0.2, 0) is 9.53 Å². The van der Waals surface area contributed by atoms with E-state index < -0.39 is 17.2 Å². The molecule has 1 fully saturated rings. The van der Waals surface area contributed by atoms with E-state index in [0.29, 0.717) is 24.2 Å². The second-order valence-electron chi connectivity index (χ2n) is 8.21. The summed E-state index contributed by atoms with van der Waals surface area (Å²) in [5.74, 6) is -0.794. The van der Waals surface area contributed by atoms with Crippen molar-refractivity contribution in [2.75, 3.05) is 10.6 Å². The van der Waals surface area contributed by atoms with Crippen LogP contribution in [0.25, 0.3) is 0 Å². The number of esters is 1. The van der Waals surface area contributed by atoms with E-state index >= 15 is 0 Å². The molecule has 0 radical (unpaired) electrons. The van der Waals surface area contributed by atoms with Crippen molar-refractivity contribution in [1.29, 1.82) is 0 Å². The number of rotatable bonds is 3. The lowest BCUT2D eigenvalue weighted by molar-refractivity contribution is -0.161. The summed E-state index contributed by atoms with van der Waals surface area (Å²) in [6.45, 7) is 9.24. The summed E-state index contributed by atoms with van der Waals surface area (Å²) in [5, 5.41) is 10.9. The lowest BCUT2D eigenvalue weighted by Gasteiger charge is -2.48. The van der Waals surface area contributed by atoms with Crippen molar-refractivity contribution in [2.24, 2.45) is 0 Å². The number of nitrogens with zero attached hydrogens (tertiary/aromatic N) is 1. The van der Waals surface area contributed by atoms with Crippen molar-refractivity contribution in [1.82, 2.24) is 0 Å². The fourth-order valence-electron chi connectivity index (χ4n) is 3.81. The molecule has 2 rings (SSSR count). The number of nitrogens with two attached hydrogens (primary N) is 1. The van der Waals surface area contributed by atoms with Crippen LogP contribution in [-0.4, -0.2) is 34.4 Å². The number of benzene rings is 1. The third-order valence-electron chi connectivity index (χ3n) is 4.44. The van der Waals surface area contributed by atoms with Gasteiger partial charge in [0.15, 0.2) is 0 Å². The average molecular weight is 352 g/mol. The minimum absolute atomic E-state index is 0.0585. The Morgan fingerprint density at radius 1 is 1.36 bits per heavy atom. The van der Waals surface area contributed by atoms with Gasteiger partial charge in [-0.1, -0.05) is 0 Å². The Kier molecular flexibility index (Phi) is 5.33. The van der Waals surface area contributed by atoms with Gasteiger partial charge in [0.1, 0.15) is 11.4 Å². The van der Waals surface area contributed by atoms with Gasteiger partial charge in [0.25, 0.3) is 0 Å². The molecular weight excluding hydrogens is 323 g/mol. The SMILES string of the molecule is C[C@@H]1CC(O)(CC(=O)OC(C)(C)C)C[C@H](C)N1c1ccc(N)cc1F. The second-order valence-corrected chi connectivity index (χ2v) is 8.21. The molecular formula is C19H29FN2O3. The van der Waals surface area contributed by atoms with Gasteiger partial charge < -0.3 is 20.5 Å². The van der Waals surface area contributed by atoms with Gasteiger partial charge in [0.2, 0.25) is 0 Å². The molecule has 0 spiro atoms. The molecule has 5 nitrogen and oxygen atoms in total. The van der Waals surface area contributed by atoms with Crippen LogP contribution in [0.2, 0.25) is 0 Å². The maximum absolute atomic E-state index is 14.3. The molecule has 0 aliphatic carbocycles. The monoisotopic (exact) mass is 352 g/mol. The number of aliphatic hydroxyl groups is 1. The van der Waals surface area contributed by atoms with Crippen LogP contribution >= 0.6 is 0 Å². The van der Waals surface area contributed by atoms with E-state index in [0.717, 1.165) is 0 Å². The standard InChI is InChI=1S/C19H29FN2O3/c1-12-9-19(24,11-17(23)25-18(3,4)5)10-13(2)22(12)16-7-6-14(21)8-15(16)20/h6-8,12-13,24H,9-11,21H2,1-5H3/t12-,13+,19?. The Hall–Kier alpha value is -1.82.